The molecule has 2 radical (unpaired) electrons. The minimum atomic E-state index is -4.73. The Hall–Kier alpha value is -1.33. The molecule has 11 heavy (non-hydrogen) atoms. The van der Waals surface area contributed by atoms with Gasteiger partial charge in [0.05, 0.1) is 6.20 Å². The molecule has 1 amide bonds. The average Bonchev–Trinajstić information content (AvgIpc) is 1.86. The highest BCUT2D eigenvalue weighted by Crippen LogP contribution is 2.18. The molecule has 1 rings (SSSR count). The van der Waals surface area contributed by atoms with E-state index in [2.05, 4.69) is 10.3 Å². The Labute approximate surface area is 59.6 Å². The topological polar surface area (TPSA) is 43.5 Å². The Morgan fingerprint density at radius 1 is 1.45 bits per heavy atom. The zero-order valence-corrected chi connectivity index (χ0v) is 5.01. The second kappa shape index (κ2) is 2.37. The third-order valence-corrected chi connectivity index (χ3v) is 0.887. The minimum Gasteiger partial charge on any atom is -0.265 e. The number of nitrogens with zero attached hydrogens (tertiary/aromatic N) is 2. The number of hydrogen-bond donors (Lipinski definition) is 0. The number of halogens is 3. The van der Waals surface area contributed by atoms with Crippen molar-refractivity contribution in [3.8, 4) is 0 Å². The number of hydrogen-bond acceptors (Lipinski definition) is 2. The number of carbonyl (C=O) groups excluding carboxylic acids is 1. The van der Waals surface area contributed by atoms with Crippen LogP contribution in [0.2, 0.25) is 0 Å². The summed E-state index contributed by atoms with van der Waals surface area (Å²) in [6, 6.07) is 0. The molecule has 0 aromatic heterocycles. The molecule has 0 aliphatic carbocycles. The smallest absolute Gasteiger partial charge is 0.265 e. The Kier molecular flexibility index (Phi) is 1.67. The van der Waals surface area contributed by atoms with E-state index in [1.165, 1.54) is 0 Å². The largest absolute Gasteiger partial charge is 0.438 e. The van der Waals surface area contributed by atoms with Crippen LogP contribution >= 0.6 is 0 Å². The molecule has 0 N–H and O–H groups in total. The molecular weight excluding hydrogens is 161 g/mol. The summed E-state index contributed by atoms with van der Waals surface area (Å²) in [5, 5.41) is 2.85. The van der Waals surface area contributed by atoms with Crippen molar-refractivity contribution in [2.75, 3.05) is 0 Å². The molecule has 58 valence electrons. The van der Waals surface area contributed by atoms with E-state index in [1.54, 1.807) is 0 Å². The normalized spacial score (nSPS) is 17.7. The Bertz CT molecular complexity index is 241. The molecule has 0 atom stereocenters. The monoisotopic (exact) mass is 162 g/mol. The molecule has 0 saturated carbocycles. The van der Waals surface area contributed by atoms with Gasteiger partial charge in [-0.2, -0.15) is 13.2 Å². The first kappa shape index (κ1) is 7.77. The van der Waals surface area contributed by atoms with Gasteiger partial charge in [0, 0.05) is 0 Å². The summed E-state index contributed by atoms with van der Waals surface area (Å²) in [5.41, 5.74) is -1.53. The summed E-state index contributed by atoms with van der Waals surface area (Å²) in [7, 11) is 0. The highest BCUT2D eigenvalue weighted by molar-refractivity contribution is 6.41. The Morgan fingerprint density at radius 2 is 2.09 bits per heavy atom. The maximum atomic E-state index is 11.7. The lowest BCUT2D eigenvalue weighted by molar-refractivity contribution is -0.118. The van der Waals surface area contributed by atoms with E-state index >= 15 is 0 Å². The van der Waals surface area contributed by atoms with Gasteiger partial charge in [-0.1, -0.05) is 0 Å². The fourth-order valence-electron chi connectivity index (χ4n) is 0.475. The van der Waals surface area contributed by atoms with Crippen LogP contribution in [0.3, 0.4) is 0 Å². The van der Waals surface area contributed by atoms with Crippen LogP contribution in [0, 0.1) is 6.20 Å². The van der Waals surface area contributed by atoms with E-state index in [0.717, 1.165) is 6.20 Å². The second-order valence-corrected chi connectivity index (χ2v) is 1.65. The number of alkyl halides is 3. The molecule has 0 saturated heterocycles. The van der Waals surface area contributed by atoms with Gasteiger partial charge in [0.2, 0.25) is 5.71 Å². The van der Waals surface area contributed by atoms with Gasteiger partial charge in [0.1, 0.15) is 6.20 Å². The van der Waals surface area contributed by atoms with Crippen molar-refractivity contribution in [3.63, 3.8) is 0 Å². The van der Waals surface area contributed by atoms with Gasteiger partial charge in [0.25, 0.3) is 0 Å². The van der Waals surface area contributed by atoms with Gasteiger partial charge in [-0.25, -0.2) is 10.3 Å². The van der Waals surface area contributed by atoms with E-state index in [-0.39, 0.29) is 0 Å². The molecule has 0 fully saturated rings. The van der Waals surface area contributed by atoms with Crippen molar-refractivity contribution >= 4 is 11.6 Å². The summed E-state index contributed by atoms with van der Waals surface area (Å²) in [6.45, 7) is 0. The van der Waals surface area contributed by atoms with Crippen LogP contribution in [0.25, 0.3) is 0 Å². The van der Waals surface area contributed by atoms with Crippen molar-refractivity contribution in [3.05, 3.63) is 12.4 Å². The lowest BCUT2D eigenvalue weighted by Gasteiger charge is -2.08. The summed E-state index contributed by atoms with van der Waals surface area (Å²) < 4.78 is 35.2. The number of rotatable bonds is 0. The van der Waals surface area contributed by atoms with E-state index in [9.17, 15) is 18.0 Å². The fraction of sp³-hybridized carbons (Fsp3) is 0.200. The average molecular weight is 162 g/mol. The molecule has 1 heterocycles. The molecule has 0 unspecified atom stereocenters. The molecule has 3 nitrogen and oxygen atoms in total. The zero-order valence-electron chi connectivity index (χ0n) is 5.01. The van der Waals surface area contributed by atoms with Gasteiger partial charge in [-0.3, -0.25) is 4.79 Å². The summed E-state index contributed by atoms with van der Waals surface area (Å²) in [4.78, 5) is 13.1. The van der Waals surface area contributed by atoms with Gasteiger partial charge >= 0.3 is 12.1 Å². The summed E-state index contributed by atoms with van der Waals surface area (Å²) in [5.74, 6) is -1.38. The molecule has 1 aliphatic heterocycles. The molecule has 1 aliphatic rings. The van der Waals surface area contributed by atoms with E-state index in [4.69, 9.17) is 0 Å². The zero-order chi connectivity index (χ0) is 8.48. The molecule has 0 spiro atoms. The van der Waals surface area contributed by atoms with Crippen molar-refractivity contribution in [1.29, 1.82) is 0 Å². The number of amides is 1. The van der Waals surface area contributed by atoms with Crippen LogP contribution < -0.4 is 5.32 Å². The summed E-state index contributed by atoms with van der Waals surface area (Å²) >= 11 is 0. The maximum Gasteiger partial charge on any atom is 0.438 e. The molecular formula is C5HF3N2O. The Morgan fingerprint density at radius 3 is 2.45 bits per heavy atom. The number of aliphatic imine (C=N–C) groups is 1. The predicted molar refractivity (Wildman–Crippen MR) is 28.4 cm³/mol. The summed E-state index contributed by atoms with van der Waals surface area (Å²) in [6.07, 6.45) is -2.12. The third kappa shape index (κ3) is 1.57. The molecule has 0 aromatic rings. The second-order valence-electron chi connectivity index (χ2n) is 1.65. The van der Waals surface area contributed by atoms with E-state index in [1.807, 2.05) is 6.20 Å². The third-order valence-electron chi connectivity index (χ3n) is 0.887. The van der Waals surface area contributed by atoms with Gasteiger partial charge < -0.3 is 0 Å². The fourth-order valence-corrected chi connectivity index (χ4v) is 0.475. The van der Waals surface area contributed by atoms with E-state index < -0.39 is 17.8 Å². The van der Waals surface area contributed by atoms with Crippen LogP contribution in [0.1, 0.15) is 0 Å². The quantitative estimate of drug-likeness (QED) is 0.508. The van der Waals surface area contributed by atoms with Crippen LogP contribution in [-0.2, 0) is 4.79 Å². The highest BCUT2D eigenvalue weighted by atomic mass is 19.4. The van der Waals surface area contributed by atoms with Crippen molar-refractivity contribution in [2.24, 2.45) is 4.99 Å². The first-order valence-corrected chi connectivity index (χ1v) is 2.49. The molecule has 0 bridgehead atoms. The highest BCUT2D eigenvalue weighted by Gasteiger charge is 2.41. The predicted octanol–water partition coefficient (Wildman–Crippen LogP) is 0.409. The maximum absolute atomic E-state index is 11.7. The Balaban J connectivity index is 2.93. The van der Waals surface area contributed by atoms with Crippen LogP contribution in [-0.4, -0.2) is 17.8 Å². The SMILES string of the molecule is O=C1[N]C=[C]N=C1C(F)(F)F. The molecule has 6 heteroatoms. The van der Waals surface area contributed by atoms with Crippen molar-refractivity contribution in [1.82, 2.24) is 5.32 Å². The van der Waals surface area contributed by atoms with E-state index in [0.29, 0.717) is 0 Å². The van der Waals surface area contributed by atoms with Crippen LogP contribution in [0.15, 0.2) is 11.2 Å². The standard InChI is InChI=1S/C5HF3N2O/c6-5(7,8)3-4(11)10-2-1-9-3/h2H. The van der Waals surface area contributed by atoms with Gasteiger partial charge in [0.15, 0.2) is 0 Å². The van der Waals surface area contributed by atoms with Crippen molar-refractivity contribution < 1.29 is 18.0 Å². The lowest BCUT2D eigenvalue weighted by Crippen LogP contribution is -2.36. The van der Waals surface area contributed by atoms with Crippen LogP contribution in [0.4, 0.5) is 13.2 Å². The first-order chi connectivity index (χ1) is 5.02. The minimum absolute atomic E-state index is 0.789. The van der Waals surface area contributed by atoms with Crippen molar-refractivity contribution in [2.45, 2.75) is 6.18 Å². The number of carbonyl (C=O) groups is 1. The van der Waals surface area contributed by atoms with Crippen LogP contribution in [0.5, 0.6) is 0 Å². The molecule has 0 aromatic carbocycles. The first-order valence-electron chi connectivity index (χ1n) is 2.49. The van der Waals surface area contributed by atoms with Gasteiger partial charge in [-0.05, 0) is 0 Å². The lowest BCUT2D eigenvalue weighted by atomic mass is 10.3. The van der Waals surface area contributed by atoms with Gasteiger partial charge in [-0.15, -0.1) is 0 Å².